The quantitative estimate of drug-likeness (QED) is 0.944. The molecular formula is C15H19N3OS. The van der Waals surface area contributed by atoms with Crippen LogP contribution >= 0.6 is 11.8 Å². The topological polar surface area (TPSA) is 53.1 Å². The molecule has 0 radical (unpaired) electrons. The van der Waals surface area contributed by atoms with Gasteiger partial charge in [0.2, 0.25) is 0 Å². The van der Waals surface area contributed by atoms with E-state index in [1.54, 1.807) is 4.68 Å². The Kier molecular flexibility index (Phi) is 3.87. The summed E-state index contributed by atoms with van der Waals surface area (Å²) in [5.41, 5.74) is 7.76. The molecule has 1 aliphatic rings. The number of nitrogens with zero attached hydrogens (tertiary/aromatic N) is 2. The lowest BCUT2D eigenvalue weighted by molar-refractivity contribution is 0.192. The van der Waals surface area contributed by atoms with Crippen LogP contribution in [-0.4, -0.2) is 27.4 Å². The maximum Gasteiger partial charge on any atom is 0.121 e. The molecule has 1 saturated heterocycles. The highest BCUT2D eigenvalue weighted by atomic mass is 32.2. The molecule has 0 aliphatic carbocycles. The van der Waals surface area contributed by atoms with Crippen molar-refractivity contribution in [1.82, 2.24) is 9.78 Å². The molecule has 3 rings (SSSR count). The van der Waals surface area contributed by atoms with Gasteiger partial charge < -0.3 is 10.5 Å². The number of hydrogen-bond acceptors (Lipinski definition) is 4. The molecule has 0 saturated carbocycles. The Morgan fingerprint density at radius 3 is 2.80 bits per heavy atom. The van der Waals surface area contributed by atoms with Gasteiger partial charge in [0.05, 0.1) is 5.69 Å². The third kappa shape index (κ3) is 2.93. The molecule has 1 aromatic carbocycles. The van der Waals surface area contributed by atoms with E-state index in [4.69, 9.17) is 10.5 Å². The first-order valence-electron chi connectivity index (χ1n) is 6.87. The number of benzene rings is 1. The van der Waals surface area contributed by atoms with Crippen LogP contribution in [0.1, 0.15) is 12.8 Å². The predicted molar refractivity (Wildman–Crippen MR) is 84.0 cm³/mol. The monoisotopic (exact) mass is 289 g/mol. The van der Waals surface area contributed by atoms with Gasteiger partial charge in [0.15, 0.2) is 0 Å². The summed E-state index contributed by atoms with van der Waals surface area (Å²) < 4.78 is 7.76. The van der Waals surface area contributed by atoms with E-state index >= 15 is 0 Å². The van der Waals surface area contributed by atoms with E-state index in [0.717, 1.165) is 29.8 Å². The number of nitrogens with two attached hydrogens (primary N) is 1. The molecule has 0 atom stereocenters. The number of anilines is 1. The van der Waals surface area contributed by atoms with Crippen LogP contribution in [0.2, 0.25) is 0 Å². The van der Waals surface area contributed by atoms with Crippen LogP contribution in [0.5, 0.6) is 5.75 Å². The maximum absolute atomic E-state index is 6.08. The maximum atomic E-state index is 6.08. The lowest BCUT2D eigenvalue weighted by Gasteiger charge is -2.22. The van der Waals surface area contributed by atoms with Crippen molar-refractivity contribution in [3.8, 4) is 17.0 Å². The molecule has 2 aromatic rings. The van der Waals surface area contributed by atoms with Gasteiger partial charge in [-0.05, 0) is 36.5 Å². The molecule has 0 unspecified atom stereocenters. The Morgan fingerprint density at radius 2 is 2.10 bits per heavy atom. The molecule has 0 bridgehead atoms. The fourth-order valence-corrected chi connectivity index (χ4v) is 3.40. The molecule has 1 fully saturated rings. The Bertz CT molecular complexity index is 571. The van der Waals surface area contributed by atoms with Gasteiger partial charge in [-0.1, -0.05) is 12.1 Å². The number of aryl methyl sites for hydroxylation is 1. The molecule has 4 nitrogen and oxygen atoms in total. The minimum Gasteiger partial charge on any atom is -0.490 e. The molecule has 1 aromatic heterocycles. The van der Waals surface area contributed by atoms with E-state index in [-0.39, 0.29) is 0 Å². The van der Waals surface area contributed by atoms with Crippen LogP contribution in [0.15, 0.2) is 30.3 Å². The molecule has 1 aliphatic heterocycles. The van der Waals surface area contributed by atoms with Gasteiger partial charge in [-0.2, -0.15) is 16.9 Å². The van der Waals surface area contributed by atoms with E-state index in [1.165, 1.54) is 11.5 Å². The first kappa shape index (κ1) is 13.4. The van der Waals surface area contributed by atoms with Crippen molar-refractivity contribution in [1.29, 1.82) is 0 Å². The summed E-state index contributed by atoms with van der Waals surface area (Å²) in [6, 6.07) is 9.98. The summed E-state index contributed by atoms with van der Waals surface area (Å²) in [7, 11) is 1.85. The van der Waals surface area contributed by atoms with Gasteiger partial charge in [-0.3, -0.25) is 4.68 Å². The van der Waals surface area contributed by atoms with Crippen molar-refractivity contribution >= 4 is 17.6 Å². The van der Waals surface area contributed by atoms with Crippen LogP contribution in [0.3, 0.4) is 0 Å². The fraction of sp³-hybridized carbons (Fsp3) is 0.400. The summed E-state index contributed by atoms with van der Waals surface area (Å²) in [6.07, 6.45) is 2.61. The second kappa shape index (κ2) is 5.79. The Morgan fingerprint density at radius 1 is 1.30 bits per heavy atom. The Hall–Kier alpha value is -1.62. The van der Waals surface area contributed by atoms with Crippen LogP contribution in [0.4, 0.5) is 5.82 Å². The zero-order valence-electron chi connectivity index (χ0n) is 11.6. The molecule has 106 valence electrons. The first-order chi connectivity index (χ1) is 9.72. The summed E-state index contributed by atoms with van der Waals surface area (Å²) in [4.78, 5) is 0. The molecule has 2 heterocycles. The van der Waals surface area contributed by atoms with Crippen LogP contribution in [0.25, 0.3) is 11.3 Å². The number of ether oxygens (including phenoxy) is 1. The van der Waals surface area contributed by atoms with E-state index in [9.17, 15) is 0 Å². The number of rotatable bonds is 3. The second-order valence-corrected chi connectivity index (χ2v) is 6.26. The van der Waals surface area contributed by atoms with Crippen molar-refractivity contribution < 1.29 is 4.74 Å². The van der Waals surface area contributed by atoms with E-state index in [1.807, 2.05) is 49.1 Å². The predicted octanol–water partition coefficient (Wildman–Crippen LogP) is 2.94. The molecule has 5 heteroatoms. The van der Waals surface area contributed by atoms with E-state index < -0.39 is 0 Å². The third-order valence-electron chi connectivity index (χ3n) is 3.52. The van der Waals surface area contributed by atoms with Crippen LogP contribution in [-0.2, 0) is 7.05 Å². The molecule has 0 spiro atoms. The van der Waals surface area contributed by atoms with Crippen molar-refractivity contribution in [3.63, 3.8) is 0 Å². The summed E-state index contributed by atoms with van der Waals surface area (Å²) in [5, 5.41) is 4.40. The minimum absolute atomic E-state index is 0.348. The standard InChI is InChI=1S/C15H19N3OS/c1-18-15(16)10-14(17-18)11-3-2-4-13(9-11)19-12-5-7-20-8-6-12/h2-4,9-10,12H,5-8,16H2,1H3. The van der Waals surface area contributed by atoms with Crippen molar-refractivity contribution in [2.45, 2.75) is 18.9 Å². The van der Waals surface area contributed by atoms with Crippen molar-refractivity contribution in [3.05, 3.63) is 30.3 Å². The number of nitrogen functional groups attached to an aromatic ring is 1. The SMILES string of the molecule is Cn1nc(-c2cccc(OC3CCSCC3)c2)cc1N. The number of aromatic nitrogens is 2. The normalized spacial score (nSPS) is 16.2. The molecular weight excluding hydrogens is 270 g/mol. The highest BCUT2D eigenvalue weighted by molar-refractivity contribution is 7.99. The molecule has 20 heavy (non-hydrogen) atoms. The first-order valence-corrected chi connectivity index (χ1v) is 8.02. The Labute approximate surface area is 123 Å². The smallest absolute Gasteiger partial charge is 0.121 e. The fourth-order valence-electron chi connectivity index (χ4n) is 2.34. The van der Waals surface area contributed by atoms with Gasteiger partial charge in [-0.25, -0.2) is 0 Å². The zero-order valence-corrected chi connectivity index (χ0v) is 12.4. The highest BCUT2D eigenvalue weighted by Gasteiger charge is 2.15. The van der Waals surface area contributed by atoms with Gasteiger partial charge in [0.25, 0.3) is 0 Å². The van der Waals surface area contributed by atoms with Gasteiger partial charge in [0.1, 0.15) is 17.7 Å². The zero-order chi connectivity index (χ0) is 13.9. The average Bonchev–Trinajstić information content (AvgIpc) is 2.80. The summed E-state index contributed by atoms with van der Waals surface area (Å²) >= 11 is 2.01. The van der Waals surface area contributed by atoms with E-state index in [2.05, 4.69) is 5.10 Å². The Balaban J connectivity index is 1.78. The van der Waals surface area contributed by atoms with Gasteiger partial charge in [-0.15, -0.1) is 0 Å². The average molecular weight is 289 g/mol. The number of hydrogen-bond donors (Lipinski definition) is 1. The van der Waals surface area contributed by atoms with Crippen molar-refractivity contribution in [2.24, 2.45) is 7.05 Å². The highest BCUT2D eigenvalue weighted by Crippen LogP contribution is 2.27. The lowest BCUT2D eigenvalue weighted by atomic mass is 10.1. The third-order valence-corrected chi connectivity index (χ3v) is 4.57. The number of thioether (sulfide) groups is 1. The van der Waals surface area contributed by atoms with Gasteiger partial charge >= 0.3 is 0 Å². The lowest BCUT2D eigenvalue weighted by Crippen LogP contribution is -2.22. The summed E-state index contributed by atoms with van der Waals surface area (Å²) in [6.45, 7) is 0. The van der Waals surface area contributed by atoms with Crippen molar-refractivity contribution in [2.75, 3.05) is 17.2 Å². The molecule has 2 N–H and O–H groups in total. The second-order valence-electron chi connectivity index (χ2n) is 5.04. The minimum atomic E-state index is 0.348. The van der Waals surface area contributed by atoms with Crippen LogP contribution < -0.4 is 10.5 Å². The largest absolute Gasteiger partial charge is 0.490 e. The van der Waals surface area contributed by atoms with Gasteiger partial charge in [0, 0.05) is 18.7 Å². The van der Waals surface area contributed by atoms with E-state index in [0.29, 0.717) is 11.9 Å². The molecule has 0 amide bonds. The van der Waals surface area contributed by atoms with Crippen LogP contribution in [0, 0.1) is 0 Å². The summed E-state index contributed by atoms with van der Waals surface area (Å²) in [5.74, 6) is 3.97.